The van der Waals surface area contributed by atoms with Gasteiger partial charge in [-0.25, -0.2) is 0 Å². The van der Waals surface area contributed by atoms with E-state index >= 15 is 0 Å². The fourth-order valence-corrected chi connectivity index (χ4v) is 3.91. The third-order valence-electron chi connectivity index (χ3n) is 4.25. The lowest BCUT2D eigenvalue weighted by atomic mass is 10.1. The first-order chi connectivity index (χ1) is 12.7. The Morgan fingerprint density at radius 1 is 1.42 bits per heavy atom. The highest BCUT2D eigenvalue weighted by Crippen LogP contribution is 2.21. The highest BCUT2D eigenvalue weighted by molar-refractivity contribution is 7.85. The van der Waals surface area contributed by atoms with Gasteiger partial charge in [-0.05, 0) is 12.1 Å². The molecule has 0 aliphatic carbocycles. The molecular formula is C18H25N5O2S. The number of guanidine groups is 1. The molecule has 1 saturated heterocycles. The summed E-state index contributed by atoms with van der Waals surface area (Å²) in [5.74, 6) is 1.35. The van der Waals surface area contributed by atoms with Gasteiger partial charge in [0.1, 0.15) is 6.10 Å². The van der Waals surface area contributed by atoms with Crippen LogP contribution in [-0.2, 0) is 22.6 Å². The molecule has 3 rings (SSSR count). The molecule has 1 aliphatic heterocycles. The van der Waals surface area contributed by atoms with Crippen molar-refractivity contribution in [1.82, 2.24) is 20.0 Å². The Bertz CT molecular complexity index is 762. The van der Waals surface area contributed by atoms with Gasteiger partial charge in [0.25, 0.3) is 0 Å². The molecule has 1 N–H and O–H groups in total. The van der Waals surface area contributed by atoms with Gasteiger partial charge in [-0.3, -0.25) is 13.9 Å². The summed E-state index contributed by atoms with van der Waals surface area (Å²) in [6.07, 6.45) is 3.80. The Labute approximate surface area is 156 Å². The number of nitrogens with zero attached hydrogens (tertiary/aromatic N) is 4. The van der Waals surface area contributed by atoms with Crippen LogP contribution in [0.1, 0.15) is 11.7 Å². The van der Waals surface area contributed by atoms with E-state index in [1.165, 1.54) is 0 Å². The summed E-state index contributed by atoms with van der Waals surface area (Å²) in [6.45, 7) is 2.73. The number of aliphatic imine (C=N–C) groups is 1. The highest BCUT2D eigenvalue weighted by Gasteiger charge is 2.25. The van der Waals surface area contributed by atoms with Gasteiger partial charge in [0.15, 0.2) is 5.96 Å². The van der Waals surface area contributed by atoms with E-state index in [2.05, 4.69) is 20.3 Å². The first kappa shape index (κ1) is 18.6. The van der Waals surface area contributed by atoms with Gasteiger partial charge >= 0.3 is 0 Å². The SMILES string of the molecule is CN=C(NCCS(=O)c1ccccc1)N1CCOC(c2cnn(C)c2)C1. The Hall–Kier alpha value is -2.19. The number of aromatic nitrogens is 2. The van der Waals surface area contributed by atoms with Crippen molar-refractivity contribution in [3.63, 3.8) is 0 Å². The summed E-state index contributed by atoms with van der Waals surface area (Å²) in [5, 5.41) is 7.54. The molecule has 2 aromatic rings. The van der Waals surface area contributed by atoms with E-state index in [1.807, 2.05) is 49.8 Å². The van der Waals surface area contributed by atoms with Crippen LogP contribution in [0.4, 0.5) is 0 Å². The molecule has 2 heterocycles. The molecule has 7 nitrogen and oxygen atoms in total. The first-order valence-corrected chi connectivity index (χ1v) is 9.98. The van der Waals surface area contributed by atoms with Gasteiger partial charge in [0.2, 0.25) is 0 Å². The molecule has 1 aliphatic rings. The number of rotatable bonds is 5. The Balaban J connectivity index is 1.53. The first-order valence-electron chi connectivity index (χ1n) is 8.66. The summed E-state index contributed by atoms with van der Waals surface area (Å²) >= 11 is 0. The molecule has 1 aromatic carbocycles. The topological polar surface area (TPSA) is 71.8 Å². The zero-order valence-electron chi connectivity index (χ0n) is 15.2. The van der Waals surface area contributed by atoms with Crippen LogP contribution in [0.25, 0.3) is 0 Å². The molecule has 140 valence electrons. The van der Waals surface area contributed by atoms with Crippen molar-refractivity contribution >= 4 is 16.8 Å². The molecule has 1 aromatic heterocycles. The van der Waals surface area contributed by atoms with Gasteiger partial charge in [-0.2, -0.15) is 5.10 Å². The molecule has 8 heteroatoms. The molecule has 2 atom stereocenters. The molecule has 0 bridgehead atoms. The minimum absolute atomic E-state index is 0.0190. The minimum atomic E-state index is -1.01. The molecule has 1 fully saturated rings. The lowest BCUT2D eigenvalue weighted by Gasteiger charge is -2.34. The Kier molecular flexibility index (Phi) is 6.40. The number of hydrogen-bond acceptors (Lipinski definition) is 4. The van der Waals surface area contributed by atoms with Gasteiger partial charge < -0.3 is 15.0 Å². The van der Waals surface area contributed by atoms with Crippen molar-refractivity contribution < 1.29 is 8.95 Å². The van der Waals surface area contributed by atoms with Crippen molar-refractivity contribution in [3.05, 3.63) is 48.3 Å². The summed E-state index contributed by atoms with van der Waals surface area (Å²) in [6, 6.07) is 9.53. The van der Waals surface area contributed by atoms with Crippen LogP contribution in [0.15, 0.2) is 52.6 Å². The van der Waals surface area contributed by atoms with Crippen LogP contribution in [0.3, 0.4) is 0 Å². The minimum Gasteiger partial charge on any atom is -0.370 e. The smallest absolute Gasteiger partial charge is 0.193 e. The molecule has 2 unspecified atom stereocenters. The maximum absolute atomic E-state index is 12.3. The van der Waals surface area contributed by atoms with Crippen LogP contribution < -0.4 is 5.32 Å². The second kappa shape index (κ2) is 8.95. The fourth-order valence-electron chi connectivity index (χ4n) is 2.93. The molecule has 0 saturated carbocycles. The number of benzene rings is 1. The molecule has 0 spiro atoms. The zero-order valence-corrected chi connectivity index (χ0v) is 16.0. The van der Waals surface area contributed by atoms with E-state index in [0.29, 0.717) is 25.4 Å². The number of hydrogen-bond donors (Lipinski definition) is 1. The van der Waals surface area contributed by atoms with Crippen molar-refractivity contribution in [2.45, 2.75) is 11.0 Å². The lowest BCUT2D eigenvalue weighted by Crippen LogP contribution is -2.48. The van der Waals surface area contributed by atoms with Crippen LogP contribution in [0.5, 0.6) is 0 Å². The summed E-state index contributed by atoms with van der Waals surface area (Å²) in [4.78, 5) is 7.40. The van der Waals surface area contributed by atoms with Crippen LogP contribution in [0.2, 0.25) is 0 Å². The van der Waals surface area contributed by atoms with Gasteiger partial charge in [-0.1, -0.05) is 18.2 Å². The molecule has 0 amide bonds. The predicted molar refractivity (Wildman–Crippen MR) is 103 cm³/mol. The third-order valence-corrected chi connectivity index (χ3v) is 5.62. The summed E-state index contributed by atoms with van der Waals surface area (Å²) in [7, 11) is 2.66. The van der Waals surface area contributed by atoms with Crippen molar-refractivity contribution in [3.8, 4) is 0 Å². The standard InChI is InChI=1S/C18H25N5O2S/c1-19-18(20-8-11-26(24)16-6-4-3-5-7-16)23-9-10-25-17(14-23)15-12-21-22(2)13-15/h3-7,12-13,17H,8-11,14H2,1-2H3,(H,19,20). The zero-order chi connectivity index (χ0) is 18.4. The second-order valence-corrected chi connectivity index (χ2v) is 7.66. The van der Waals surface area contributed by atoms with Gasteiger partial charge in [-0.15, -0.1) is 0 Å². The van der Waals surface area contributed by atoms with E-state index in [9.17, 15) is 4.21 Å². The van der Waals surface area contributed by atoms with Crippen molar-refractivity contribution in [1.29, 1.82) is 0 Å². The molecular weight excluding hydrogens is 350 g/mol. The maximum Gasteiger partial charge on any atom is 0.193 e. The average molecular weight is 375 g/mol. The average Bonchev–Trinajstić information content (AvgIpc) is 3.12. The largest absolute Gasteiger partial charge is 0.370 e. The summed E-state index contributed by atoms with van der Waals surface area (Å²) in [5.41, 5.74) is 1.07. The number of morpholine rings is 1. The Morgan fingerprint density at radius 2 is 2.23 bits per heavy atom. The number of ether oxygens (including phenoxy) is 1. The van der Waals surface area contributed by atoms with Crippen LogP contribution in [-0.4, -0.2) is 63.9 Å². The normalized spacial score (nSPS) is 19.4. The third kappa shape index (κ3) is 4.70. The van der Waals surface area contributed by atoms with E-state index in [1.54, 1.807) is 11.7 Å². The van der Waals surface area contributed by atoms with E-state index in [0.717, 1.165) is 23.0 Å². The van der Waals surface area contributed by atoms with E-state index in [4.69, 9.17) is 4.74 Å². The monoisotopic (exact) mass is 375 g/mol. The lowest BCUT2D eigenvalue weighted by molar-refractivity contribution is -0.00798. The van der Waals surface area contributed by atoms with Crippen molar-refractivity contribution in [2.24, 2.45) is 12.0 Å². The van der Waals surface area contributed by atoms with Crippen LogP contribution in [0, 0.1) is 0 Å². The molecule has 26 heavy (non-hydrogen) atoms. The predicted octanol–water partition coefficient (Wildman–Crippen LogP) is 1.18. The number of aryl methyl sites for hydroxylation is 1. The fraction of sp³-hybridized carbons (Fsp3) is 0.444. The second-order valence-electron chi connectivity index (χ2n) is 6.09. The Morgan fingerprint density at radius 3 is 2.92 bits per heavy atom. The summed E-state index contributed by atoms with van der Waals surface area (Å²) < 4.78 is 20.0. The molecule has 0 radical (unpaired) electrons. The van der Waals surface area contributed by atoms with E-state index < -0.39 is 10.8 Å². The highest BCUT2D eigenvalue weighted by atomic mass is 32.2. The van der Waals surface area contributed by atoms with E-state index in [-0.39, 0.29) is 6.10 Å². The number of nitrogens with one attached hydrogen (secondary N) is 1. The van der Waals surface area contributed by atoms with Gasteiger partial charge in [0, 0.05) is 49.6 Å². The quantitative estimate of drug-likeness (QED) is 0.628. The van der Waals surface area contributed by atoms with Crippen LogP contribution >= 0.6 is 0 Å². The maximum atomic E-state index is 12.3. The van der Waals surface area contributed by atoms with Gasteiger partial charge in [0.05, 0.1) is 30.1 Å². The van der Waals surface area contributed by atoms with Crippen molar-refractivity contribution in [2.75, 3.05) is 39.0 Å².